The largest absolute Gasteiger partial charge is 0.460 e. The van der Waals surface area contributed by atoms with Crippen LogP contribution in [-0.4, -0.2) is 51.1 Å². The van der Waals surface area contributed by atoms with Gasteiger partial charge in [0.25, 0.3) is 0 Å². The topological polar surface area (TPSA) is 56.8 Å². The lowest BCUT2D eigenvalue weighted by Crippen LogP contribution is -2.33. The monoisotopic (exact) mass is 259 g/mol. The summed E-state index contributed by atoms with van der Waals surface area (Å²) in [4.78, 5) is 11.5. The third-order valence-electron chi connectivity index (χ3n) is 2.84. The Morgan fingerprint density at radius 1 is 1.39 bits per heavy atom. The molecule has 5 nitrogen and oxygen atoms in total. The van der Waals surface area contributed by atoms with Crippen LogP contribution in [0.25, 0.3) is 0 Å². The Hall–Kier alpha value is -0.650. The van der Waals surface area contributed by atoms with Crippen molar-refractivity contribution in [2.75, 3.05) is 32.9 Å². The summed E-state index contributed by atoms with van der Waals surface area (Å²) < 4.78 is 16.0. The molecule has 0 aliphatic carbocycles. The summed E-state index contributed by atoms with van der Waals surface area (Å²) in [5.41, 5.74) is 0. The van der Waals surface area contributed by atoms with Crippen LogP contribution in [0.4, 0.5) is 0 Å². The van der Waals surface area contributed by atoms with E-state index in [2.05, 4.69) is 5.32 Å². The van der Waals surface area contributed by atoms with Crippen LogP contribution in [-0.2, 0) is 19.0 Å². The smallest absolute Gasteiger partial charge is 0.308 e. The molecule has 18 heavy (non-hydrogen) atoms. The van der Waals surface area contributed by atoms with Gasteiger partial charge in [-0.1, -0.05) is 0 Å². The lowest BCUT2D eigenvalue weighted by atomic mass is 10.1. The maximum absolute atomic E-state index is 11.5. The first kappa shape index (κ1) is 15.4. The summed E-state index contributed by atoms with van der Waals surface area (Å²) in [6.07, 6.45) is 2.47. The molecule has 1 saturated heterocycles. The summed E-state index contributed by atoms with van der Waals surface area (Å²) >= 11 is 0. The summed E-state index contributed by atoms with van der Waals surface area (Å²) in [5, 5.41) is 3.27. The molecular formula is C13H25NO4. The first-order valence-corrected chi connectivity index (χ1v) is 6.82. The zero-order valence-corrected chi connectivity index (χ0v) is 11.4. The van der Waals surface area contributed by atoms with Crippen LogP contribution in [0.1, 0.15) is 33.1 Å². The van der Waals surface area contributed by atoms with Crippen LogP contribution in [0.5, 0.6) is 0 Å². The molecule has 1 atom stereocenters. The molecule has 1 aliphatic heterocycles. The van der Waals surface area contributed by atoms with Crippen LogP contribution in [0.3, 0.4) is 0 Å². The highest BCUT2D eigenvalue weighted by Gasteiger charge is 2.14. The van der Waals surface area contributed by atoms with Crippen LogP contribution < -0.4 is 5.32 Å². The Bertz CT molecular complexity index is 229. The van der Waals surface area contributed by atoms with E-state index in [9.17, 15) is 4.79 Å². The molecule has 0 spiro atoms. The molecule has 1 fully saturated rings. The predicted molar refractivity (Wildman–Crippen MR) is 68.5 cm³/mol. The van der Waals surface area contributed by atoms with Crippen molar-refractivity contribution < 1.29 is 19.0 Å². The van der Waals surface area contributed by atoms with Crippen LogP contribution in [0.15, 0.2) is 0 Å². The van der Waals surface area contributed by atoms with E-state index in [0.29, 0.717) is 32.3 Å². The summed E-state index contributed by atoms with van der Waals surface area (Å²) in [5.74, 6) is -0.212. The Kier molecular flexibility index (Phi) is 7.96. The van der Waals surface area contributed by atoms with E-state index in [-0.39, 0.29) is 12.1 Å². The Morgan fingerprint density at radius 3 is 2.78 bits per heavy atom. The maximum Gasteiger partial charge on any atom is 0.308 e. The van der Waals surface area contributed by atoms with Gasteiger partial charge in [0.2, 0.25) is 0 Å². The zero-order chi connectivity index (χ0) is 13.2. The zero-order valence-electron chi connectivity index (χ0n) is 11.4. The summed E-state index contributed by atoms with van der Waals surface area (Å²) in [7, 11) is 0. The first-order chi connectivity index (χ1) is 8.72. The number of esters is 1. The molecule has 0 aromatic rings. The highest BCUT2D eigenvalue weighted by atomic mass is 16.6. The van der Waals surface area contributed by atoms with Crippen molar-refractivity contribution >= 4 is 5.97 Å². The van der Waals surface area contributed by atoms with Gasteiger partial charge in [0.1, 0.15) is 6.10 Å². The van der Waals surface area contributed by atoms with Gasteiger partial charge < -0.3 is 19.5 Å². The first-order valence-electron chi connectivity index (χ1n) is 6.82. The van der Waals surface area contributed by atoms with E-state index < -0.39 is 0 Å². The van der Waals surface area contributed by atoms with Gasteiger partial charge in [0, 0.05) is 6.61 Å². The van der Waals surface area contributed by atoms with E-state index in [1.54, 1.807) is 0 Å². The predicted octanol–water partition coefficient (Wildman–Crippen LogP) is 1.11. The lowest BCUT2D eigenvalue weighted by molar-refractivity contribution is -0.152. The van der Waals surface area contributed by atoms with Gasteiger partial charge in [-0.25, -0.2) is 0 Å². The van der Waals surface area contributed by atoms with Gasteiger partial charge in [-0.2, -0.15) is 0 Å². The fourth-order valence-electron chi connectivity index (χ4n) is 1.87. The normalized spacial score (nSPS) is 18.6. The molecule has 1 heterocycles. The van der Waals surface area contributed by atoms with E-state index in [1.165, 1.54) is 0 Å². The molecule has 0 radical (unpaired) electrons. The fourth-order valence-corrected chi connectivity index (χ4v) is 1.87. The summed E-state index contributed by atoms with van der Waals surface area (Å²) in [6, 6.07) is 0. The van der Waals surface area contributed by atoms with Crippen molar-refractivity contribution in [3.63, 3.8) is 0 Å². The highest BCUT2D eigenvalue weighted by Crippen LogP contribution is 2.07. The number of nitrogens with one attached hydrogen (secondary N) is 1. The second kappa shape index (κ2) is 9.30. The van der Waals surface area contributed by atoms with Crippen molar-refractivity contribution in [2.45, 2.75) is 45.3 Å². The minimum Gasteiger partial charge on any atom is -0.460 e. The standard InChI is InChI=1S/C13H25NO4/c1-3-16-10-11(2)18-13(15)6-9-17-12-4-7-14-8-5-12/h11-12,14H,3-10H2,1-2H3. The maximum atomic E-state index is 11.5. The number of hydrogen-bond acceptors (Lipinski definition) is 5. The van der Waals surface area contributed by atoms with Crippen LogP contribution in [0.2, 0.25) is 0 Å². The minimum absolute atomic E-state index is 0.184. The van der Waals surface area contributed by atoms with E-state index in [0.717, 1.165) is 25.9 Å². The number of rotatable bonds is 8. The Labute approximate surface area is 109 Å². The second-order valence-corrected chi connectivity index (χ2v) is 4.53. The van der Waals surface area contributed by atoms with Crippen molar-refractivity contribution in [1.29, 1.82) is 0 Å². The van der Waals surface area contributed by atoms with Crippen molar-refractivity contribution in [2.24, 2.45) is 0 Å². The highest BCUT2D eigenvalue weighted by molar-refractivity contribution is 5.69. The molecule has 1 aliphatic rings. The number of piperidine rings is 1. The van der Waals surface area contributed by atoms with Gasteiger partial charge in [0.05, 0.1) is 25.7 Å². The van der Waals surface area contributed by atoms with Crippen molar-refractivity contribution in [3.8, 4) is 0 Å². The average Bonchev–Trinajstić information content (AvgIpc) is 2.37. The fraction of sp³-hybridized carbons (Fsp3) is 0.923. The van der Waals surface area contributed by atoms with Gasteiger partial charge in [-0.05, 0) is 39.8 Å². The molecule has 1 N–H and O–H groups in total. The molecule has 0 amide bonds. The second-order valence-electron chi connectivity index (χ2n) is 4.53. The van der Waals surface area contributed by atoms with Crippen LogP contribution >= 0.6 is 0 Å². The van der Waals surface area contributed by atoms with Gasteiger partial charge in [-0.15, -0.1) is 0 Å². The molecule has 5 heteroatoms. The van der Waals surface area contributed by atoms with Crippen molar-refractivity contribution in [3.05, 3.63) is 0 Å². The van der Waals surface area contributed by atoms with Crippen molar-refractivity contribution in [1.82, 2.24) is 5.32 Å². The van der Waals surface area contributed by atoms with Crippen LogP contribution in [0, 0.1) is 0 Å². The third kappa shape index (κ3) is 6.93. The lowest BCUT2D eigenvalue weighted by Gasteiger charge is -2.22. The molecule has 106 valence electrons. The Morgan fingerprint density at radius 2 is 2.11 bits per heavy atom. The molecule has 0 saturated carbocycles. The Balaban J connectivity index is 2.01. The SMILES string of the molecule is CCOCC(C)OC(=O)CCOC1CCNCC1. The molecule has 1 rings (SSSR count). The molecule has 1 unspecified atom stereocenters. The van der Waals surface area contributed by atoms with E-state index in [1.807, 2.05) is 13.8 Å². The van der Waals surface area contributed by atoms with Gasteiger partial charge in [0.15, 0.2) is 0 Å². The molecule has 0 aromatic carbocycles. The number of hydrogen-bond donors (Lipinski definition) is 1. The van der Waals surface area contributed by atoms with Gasteiger partial charge >= 0.3 is 5.97 Å². The third-order valence-corrected chi connectivity index (χ3v) is 2.84. The quantitative estimate of drug-likeness (QED) is 0.662. The van der Waals surface area contributed by atoms with Gasteiger partial charge in [-0.3, -0.25) is 4.79 Å². The molecule has 0 aromatic heterocycles. The van der Waals surface area contributed by atoms with E-state index in [4.69, 9.17) is 14.2 Å². The number of carbonyl (C=O) groups excluding carboxylic acids is 1. The number of ether oxygens (including phenoxy) is 3. The minimum atomic E-state index is -0.212. The summed E-state index contributed by atoms with van der Waals surface area (Å²) in [6.45, 7) is 7.30. The average molecular weight is 259 g/mol. The molecular weight excluding hydrogens is 234 g/mol. The number of carbonyl (C=O) groups is 1. The van der Waals surface area contributed by atoms with E-state index >= 15 is 0 Å². The molecule has 0 bridgehead atoms.